The van der Waals surface area contributed by atoms with E-state index < -0.39 is 0 Å². The van der Waals surface area contributed by atoms with E-state index >= 15 is 0 Å². The lowest BCUT2D eigenvalue weighted by Crippen LogP contribution is -2.23. The van der Waals surface area contributed by atoms with Crippen molar-refractivity contribution < 1.29 is 4.79 Å². The normalized spacial score (nSPS) is 16.3. The van der Waals surface area contributed by atoms with Gasteiger partial charge in [-0.15, -0.1) is 5.10 Å². The Labute approximate surface area is 158 Å². The Morgan fingerprint density at radius 1 is 1.23 bits per heavy atom. The average molecular weight is 375 g/mol. The van der Waals surface area contributed by atoms with Crippen LogP contribution in [0.25, 0.3) is 0 Å². The molecular weight excluding hydrogens is 348 g/mol. The fourth-order valence-electron chi connectivity index (χ4n) is 3.12. The van der Waals surface area contributed by atoms with Crippen molar-refractivity contribution >= 4 is 29.0 Å². The first-order valence-electron chi connectivity index (χ1n) is 9.07. The zero-order chi connectivity index (χ0) is 18.5. The lowest BCUT2D eigenvalue weighted by Gasteiger charge is -2.22. The molecule has 2 aromatic rings. The van der Waals surface area contributed by atoms with Gasteiger partial charge in [-0.25, -0.2) is 4.68 Å². The van der Waals surface area contributed by atoms with E-state index in [1.807, 2.05) is 54.9 Å². The van der Waals surface area contributed by atoms with Crippen molar-refractivity contribution in [3.8, 4) is 0 Å². The lowest BCUT2D eigenvalue weighted by molar-refractivity contribution is -0.115. The Bertz CT molecular complexity index is 724. The SMILES string of the molecule is CC(Sc1nnnn1C1CCCCC1)C(=O)Nc1ccc(N(C)C)cc1. The Balaban J connectivity index is 1.60. The molecule has 1 unspecified atom stereocenters. The second kappa shape index (κ2) is 8.53. The van der Waals surface area contributed by atoms with Crippen molar-refractivity contribution in [2.75, 3.05) is 24.3 Å². The molecule has 1 saturated carbocycles. The van der Waals surface area contributed by atoms with Crippen LogP contribution >= 0.6 is 11.8 Å². The van der Waals surface area contributed by atoms with Crippen LogP contribution < -0.4 is 10.2 Å². The second-order valence-corrected chi connectivity index (χ2v) is 8.20. The van der Waals surface area contributed by atoms with E-state index in [0.29, 0.717) is 6.04 Å². The van der Waals surface area contributed by atoms with E-state index in [0.717, 1.165) is 29.4 Å². The highest BCUT2D eigenvalue weighted by Gasteiger charge is 2.23. The molecule has 0 aliphatic heterocycles. The van der Waals surface area contributed by atoms with Crippen LogP contribution in [0.15, 0.2) is 29.4 Å². The van der Waals surface area contributed by atoms with Gasteiger partial charge in [-0.3, -0.25) is 4.79 Å². The molecular formula is C18H26N6OS. The summed E-state index contributed by atoms with van der Waals surface area (Å²) in [7, 11) is 3.98. The minimum Gasteiger partial charge on any atom is -0.378 e. The topological polar surface area (TPSA) is 75.9 Å². The van der Waals surface area contributed by atoms with Gasteiger partial charge in [-0.2, -0.15) is 0 Å². The van der Waals surface area contributed by atoms with Gasteiger partial charge in [0.25, 0.3) is 0 Å². The van der Waals surface area contributed by atoms with Gasteiger partial charge < -0.3 is 10.2 Å². The molecule has 7 nitrogen and oxygen atoms in total. The highest BCUT2D eigenvalue weighted by atomic mass is 32.2. The predicted molar refractivity (Wildman–Crippen MR) is 105 cm³/mol. The largest absolute Gasteiger partial charge is 0.378 e. The first-order valence-corrected chi connectivity index (χ1v) is 9.95. The maximum atomic E-state index is 12.5. The number of nitrogens with zero attached hydrogens (tertiary/aromatic N) is 5. The number of tetrazole rings is 1. The van der Waals surface area contributed by atoms with Crippen molar-refractivity contribution in [1.82, 2.24) is 20.2 Å². The number of nitrogens with one attached hydrogen (secondary N) is 1. The van der Waals surface area contributed by atoms with Crippen LogP contribution in [-0.4, -0.2) is 45.5 Å². The first kappa shape index (κ1) is 18.7. The fourth-order valence-corrected chi connectivity index (χ4v) is 3.98. The monoisotopic (exact) mass is 374 g/mol. The van der Waals surface area contributed by atoms with Gasteiger partial charge in [0, 0.05) is 25.5 Å². The molecule has 0 radical (unpaired) electrons. The zero-order valence-corrected chi connectivity index (χ0v) is 16.4. The second-order valence-electron chi connectivity index (χ2n) is 6.89. The average Bonchev–Trinajstić information content (AvgIpc) is 3.11. The number of anilines is 2. The van der Waals surface area contributed by atoms with Crippen molar-refractivity contribution in [2.45, 2.75) is 55.5 Å². The van der Waals surface area contributed by atoms with Crippen LogP contribution in [0.5, 0.6) is 0 Å². The molecule has 8 heteroatoms. The Hall–Kier alpha value is -2.09. The van der Waals surface area contributed by atoms with Crippen LogP contribution in [0.2, 0.25) is 0 Å². The third kappa shape index (κ3) is 4.55. The number of benzene rings is 1. The van der Waals surface area contributed by atoms with E-state index in [-0.39, 0.29) is 11.2 Å². The molecule has 140 valence electrons. The molecule has 1 heterocycles. The number of carbonyl (C=O) groups is 1. The molecule has 1 aromatic heterocycles. The summed E-state index contributed by atoms with van der Waals surface area (Å²) >= 11 is 1.41. The molecule has 1 atom stereocenters. The van der Waals surface area contributed by atoms with Gasteiger partial charge in [0.1, 0.15) is 0 Å². The van der Waals surface area contributed by atoms with Gasteiger partial charge in [0.05, 0.1) is 11.3 Å². The van der Waals surface area contributed by atoms with Gasteiger partial charge in [-0.1, -0.05) is 31.0 Å². The fraction of sp³-hybridized carbons (Fsp3) is 0.556. The lowest BCUT2D eigenvalue weighted by atomic mass is 9.96. The Morgan fingerprint density at radius 2 is 1.92 bits per heavy atom. The number of amides is 1. The first-order chi connectivity index (χ1) is 12.5. The van der Waals surface area contributed by atoms with Gasteiger partial charge >= 0.3 is 0 Å². The summed E-state index contributed by atoms with van der Waals surface area (Å²) in [6, 6.07) is 8.15. The maximum absolute atomic E-state index is 12.5. The van der Waals surface area contributed by atoms with Crippen LogP contribution in [0.1, 0.15) is 45.1 Å². The highest BCUT2D eigenvalue weighted by molar-refractivity contribution is 8.00. The van der Waals surface area contributed by atoms with Crippen LogP contribution in [0.3, 0.4) is 0 Å². The molecule has 26 heavy (non-hydrogen) atoms. The maximum Gasteiger partial charge on any atom is 0.237 e. The van der Waals surface area contributed by atoms with Crippen LogP contribution in [0, 0.1) is 0 Å². The number of hydrogen-bond acceptors (Lipinski definition) is 6. The summed E-state index contributed by atoms with van der Waals surface area (Å²) in [4.78, 5) is 14.5. The standard InChI is InChI=1S/C18H26N6OS/c1-13(17(25)19-14-9-11-15(12-10-14)23(2)3)26-18-20-21-22-24(18)16-7-5-4-6-8-16/h9-13,16H,4-8H2,1-3H3,(H,19,25). The number of carbonyl (C=O) groups excluding carboxylic acids is 1. The molecule has 3 rings (SSSR count). The molecule has 0 saturated heterocycles. The smallest absolute Gasteiger partial charge is 0.237 e. The molecule has 1 aromatic carbocycles. The van der Waals surface area contributed by atoms with Gasteiger partial charge in [0.2, 0.25) is 11.1 Å². The molecule has 1 aliphatic carbocycles. The molecule has 1 amide bonds. The third-order valence-corrected chi connectivity index (χ3v) is 5.73. The number of aromatic nitrogens is 4. The summed E-state index contributed by atoms with van der Waals surface area (Å²) in [6.45, 7) is 1.88. The molecule has 1 aliphatic rings. The quantitative estimate of drug-likeness (QED) is 0.782. The van der Waals surface area contributed by atoms with Gasteiger partial charge in [0.15, 0.2) is 0 Å². The highest BCUT2D eigenvalue weighted by Crippen LogP contribution is 2.31. The third-order valence-electron chi connectivity index (χ3n) is 4.69. The van der Waals surface area contributed by atoms with E-state index in [4.69, 9.17) is 0 Å². The minimum absolute atomic E-state index is 0.0502. The summed E-state index contributed by atoms with van der Waals surface area (Å²) < 4.78 is 1.90. The summed E-state index contributed by atoms with van der Waals surface area (Å²) in [5.74, 6) is -0.0502. The van der Waals surface area contributed by atoms with E-state index in [1.54, 1.807) is 0 Å². The van der Waals surface area contributed by atoms with E-state index in [1.165, 1.54) is 31.0 Å². The summed E-state index contributed by atoms with van der Waals surface area (Å²) in [5, 5.41) is 15.5. The molecule has 0 spiro atoms. The molecule has 1 fully saturated rings. The van der Waals surface area contributed by atoms with Crippen molar-refractivity contribution in [1.29, 1.82) is 0 Å². The Morgan fingerprint density at radius 3 is 2.58 bits per heavy atom. The van der Waals surface area contributed by atoms with Gasteiger partial charge in [-0.05, 0) is 54.5 Å². The Kier molecular flexibility index (Phi) is 6.13. The van der Waals surface area contributed by atoms with Crippen LogP contribution in [-0.2, 0) is 4.79 Å². The number of rotatable bonds is 6. The van der Waals surface area contributed by atoms with E-state index in [2.05, 4.69) is 20.8 Å². The minimum atomic E-state index is -0.281. The summed E-state index contributed by atoms with van der Waals surface area (Å²) in [5.41, 5.74) is 1.89. The number of thioether (sulfide) groups is 1. The molecule has 1 N–H and O–H groups in total. The summed E-state index contributed by atoms with van der Waals surface area (Å²) in [6.07, 6.45) is 5.93. The molecule has 0 bridgehead atoms. The van der Waals surface area contributed by atoms with Crippen molar-refractivity contribution in [3.05, 3.63) is 24.3 Å². The van der Waals surface area contributed by atoms with Crippen LogP contribution in [0.4, 0.5) is 11.4 Å². The number of hydrogen-bond donors (Lipinski definition) is 1. The van der Waals surface area contributed by atoms with E-state index in [9.17, 15) is 4.79 Å². The van der Waals surface area contributed by atoms with Crippen molar-refractivity contribution in [3.63, 3.8) is 0 Å². The zero-order valence-electron chi connectivity index (χ0n) is 15.6. The predicted octanol–water partition coefficient (Wildman–Crippen LogP) is 3.36. The van der Waals surface area contributed by atoms with Crippen molar-refractivity contribution in [2.24, 2.45) is 0 Å².